The molecule has 2 rings (SSSR count). The third-order valence-electron chi connectivity index (χ3n) is 3.34. The van der Waals surface area contributed by atoms with Crippen molar-refractivity contribution in [2.45, 2.75) is 34.1 Å². The topological polar surface area (TPSA) is 22.0 Å². The minimum Gasteiger partial charge on any atom is -0.317 e. The summed E-state index contributed by atoms with van der Waals surface area (Å²) in [6, 6.07) is 4.95. The fourth-order valence-corrected chi connectivity index (χ4v) is 2.29. The van der Waals surface area contributed by atoms with Crippen molar-refractivity contribution in [3.8, 4) is 11.1 Å². The lowest BCUT2D eigenvalue weighted by Gasteiger charge is -2.08. The van der Waals surface area contributed by atoms with Gasteiger partial charge < -0.3 is 4.57 Å². The molecule has 0 saturated carbocycles. The van der Waals surface area contributed by atoms with E-state index in [2.05, 4.69) is 6.58 Å². The third-order valence-corrected chi connectivity index (χ3v) is 3.34. The fraction of sp³-hybridized carbons (Fsp3) is 0.316. The Bertz CT molecular complexity index is 819. The van der Waals surface area contributed by atoms with Gasteiger partial charge in [-0.05, 0) is 30.7 Å². The molecule has 3 heteroatoms. The van der Waals surface area contributed by atoms with Crippen molar-refractivity contribution in [2.24, 2.45) is 7.05 Å². The highest BCUT2D eigenvalue weighted by Crippen LogP contribution is 2.19. The van der Waals surface area contributed by atoms with Crippen LogP contribution in [0.25, 0.3) is 23.8 Å². The molecule has 0 spiro atoms. The van der Waals surface area contributed by atoms with Crippen LogP contribution in [0.2, 0.25) is 0 Å². The van der Waals surface area contributed by atoms with Crippen molar-refractivity contribution in [3.05, 3.63) is 56.6 Å². The Morgan fingerprint density at radius 3 is 2.50 bits per heavy atom. The molecule has 0 atom stereocenters. The minimum atomic E-state index is -0.304. The Labute approximate surface area is 131 Å². The monoisotopic (exact) mass is 301 g/mol. The van der Waals surface area contributed by atoms with Crippen LogP contribution < -0.4 is 16.0 Å². The fourth-order valence-electron chi connectivity index (χ4n) is 2.29. The van der Waals surface area contributed by atoms with Crippen LogP contribution in [0.15, 0.2) is 29.2 Å². The van der Waals surface area contributed by atoms with Crippen molar-refractivity contribution in [1.29, 1.82) is 0 Å². The number of halogens is 1. The molecule has 22 heavy (non-hydrogen) atoms. The van der Waals surface area contributed by atoms with E-state index in [4.69, 9.17) is 0 Å². The second-order valence-corrected chi connectivity index (χ2v) is 4.95. The van der Waals surface area contributed by atoms with Gasteiger partial charge >= 0.3 is 0 Å². The highest BCUT2D eigenvalue weighted by Gasteiger charge is 2.09. The van der Waals surface area contributed by atoms with Crippen LogP contribution in [0.3, 0.4) is 0 Å². The van der Waals surface area contributed by atoms with Crippen LogP contribution >= 0.6 is 0 Å². The van der Waals surface area contributed by atoms with Gasteiger partial charge in [0.15, 0.2) is 0 Å². The molecule has 0 aliphatic heterocycles. The van der Waals surface area contributed by atoms with E-state index in [1.807, 2.05) is 33.8 Å². The van der Waals surface area contributed by atoms with Gasteiger partial charge in [-0.15, -0.1) is 0 Å². The predicted molar refractivity (Wildman–Crippen MR) is 92.7 cm³/mol. The SMILES string of the molecule is C=c1c(-c2cc(C)ccc2F)cn(C)c(=O)/c1=C/CC.CC. The summed E-state index contributed by atoms with van der Waals surface area (Å²) in [6.45, 7) is 11.8. The summed E-state index contributed by atoms with van der Waals surface area (Å²) >= 11 is 0. The van der Waals surface area contributed by atoms with E-state index in [0.717, 1.165) is 12.0 Å². The molecule has 0 aliphatic carbocycles. The summed E-state index contributed by atoms with van der Waals surface area (Å²) in [7, 11) is 1.67. The maximum atomic E-state index is 14.1. The van der Waals surface area contributed by atoms with Crippen molar-refractivity contribution >= 4 is 12.7 Å². The van der Waals surface area contributed by atoms with Crippen molar-refractivity contribution in [2.75, 3.05) is 0 Å². The average Bonchev–Trinajstić information content (AvgIpc) is 2.52. The van der Waals surface area contributed by atoms with Crippen molar-refractivity contribution < 1.29 is 4.39 Å². The highest BCUT2D eigenvalue weighted by atomic mass is 19.1. The zero-order valence-electron chi connectivity index (χ0n) is 14.0. The molecular weight excluding hydrogens is 277 g/mol. The smallest absolute Gasteiger partial charge is 0.257 e. The van der Waals surface area contributed by atoms with Gasteiger partial charge in [0.05, 0.1) is 0 Å². The van der Waals surface area contributed by atoms with Crippen molar-refractivity contribution in [1.82, 2.24) is 4.57 Å². The molecular formula is C19H24FNO. The van der Waals surface area contributed by atoms with Crippen LogP contribution in [0.1, 0.15) is 32.8 Å². The van der Waals surface area contributed by atoms with Gasteiger partial charge in [0.1, 0.15) is 5.82 Å². The van der Waals surface area contributed by atoms with Gasteiger partial charge in [0.2, 0.25) is 0 Å². The molecule has 1 aromatic carbocycles. The molecule has 0 unspecified atom stereocenters. The Balaban J connectivity index is 0.00000116. The third kappa shape index (κ3) is 3.53. The summed E-state index contributed by atoms with van der Waals surface area (Å²) < 4.78 is 15.5. The number of pyridine rings is 1. The molecule has 0 amide bonds. The zero-order chi connectivity index (χ0) is 16.9. The number of hydrogen-bond donors (Lipinski definition) is 0. The molecule has 0 radical (unpaired) electrons. The molecule has 0 saturated heterocycles. The summed E-state index contributed by atoms with van der Waals surface area (Å²) in [5.74, 6) is -0.304. The van der Waals surface area contributed by atoms with E-state index in [1.54, 1.807) is 25.4 Å². The van der Waals surface area contributed by atoms with Crippen LogP contribution in [0.4, 0.5) is 4.39 Å². The summed E-state index contributed by atoms with van der Waals surface area (Å²) in [5, 5.41) is 1.13. The number of aryl methyl sites for hydroxylation is 2. The molecule has 2 nitrogen and oxygen atoms in total. The standard InChI is InChI=1S/C17H18FNO.C2H6/c1-5-6-13-12(3)15(10-19(4)17(13)20)14-9-11(2)7-8-16(14)18;1-2/h6-10H,3,5H2,1-2,4H3;1-2H3/b13-6+;. The predicted octanol–water partition coefficient (Wildman–Crippen LogP) is 3.13. The molecule has 118 valence electrons. The first-order chi connectivity index (χ1) is 10.5. The normalized spacial score (nSPS) is 11.1. The Morgan fingerprint density at radius 1 is 1.27 bits per heavy atom. The maximum absolute atomic E-state index is 14.1. The lowest BCUT2D eigenvalue weighted by atomic mass is 10.0. The Morgan fingerprint density at radius 2 is 1.91 bits per heavy atom. The van der Waals surface area contributed by atoms with Gasteiger partial charge in [-0.25, -0.2) is 4.39 Å². The van der Waals surface area contributed by atoms with E-state index >= 15 is 0 Å². The first-order valence-corrected chi connectivity index (χ1v) is 7.61. The van der Waals surface area contributed by atoms with E-state index in [9.17, 15) is 9.18 Å². The number of aromatic nitrogens is 1. The average molecular weight is 301 g/mol. The molecule has 0 aliphatic rings. The van der Waals surface area contributed by atoms with Gasteiger partial charge in [-0.1, -0.05) is 45.1 Å². The summed E-state index contributed by atoms with van der Waals surface area (Å²) in [6.07, 6.45) is 4.22. The summed E-state index contributed by atoms with van der Waals surface area (Å²) in [5.41, 5.74) is 2.01. The molecule has 0 bridgehead atoms. The maximum Gasteiger partial charge on any atom is 0.257 e. The van der Waals surface area contributed by atoms with E-state index < -0.39 is 0 Å². The number of hydrogen-bond acceptors (Lipinski definition) is 1. The van der Waals surface area contributed by atoms with Gasteiger partial charge in [-0.3, -0.25) is 4.79 Å². The number of nitrogens with zero attached hydrogens (tertiary/aromatic N) is 1. The number of benzene rings is 1. The van der Waals surface area contributed by atoms with Crippen molar-refractivity contribution in [3.63, 3.8) is 0 Å². The second-order valence-electron chi connectivity index (χ2n) is 4.95. The van der Waals surface area contributed by atoms with E-state index in [1.165, 1.54) is 10.6 Å². The number of rotatable bonds is 2. The molecule has 1 aromatic heterocycles. The molecule has 0 fully saturated rings. The lowest BCUT2D eigenvalue weighted by Crippen LogP contribution is -2.44. The lowest BCUT2D eigenvalue weighted by molar-refractivity contribution is 0.630. The first-order valence-electron chi connectivity index (χ1n) is 7.61. The van der Waals surface area contributed by atoms with E-state index in [-0.39, 0.29) is 11.4 Å². The molecule has 0 N–H and O–H groups in total. The largest absolute Gasteiger partial charge is 0.317 e. The van der Waals surface area contributed by atoms with Gasteiger partial charge in [-0.2, -0.15) is 0 Å². The van der Waals surface area contributed by atoms with Gasteiger partial charge in [0.25, 0.3) is 5.56 Å². The van der Waals surface area contributed by atoms with Crippen LogP contribution in [0.5, 0.6) is 0 Å². The Kier molecular flexibility index (Phi) is 6.29. The van der Waals surface area contributed by atoms with Crippen LogP contribution in [-0.4, -0.2) is 4.57 Å². The van der Waals surface area contributed by atoms with E-state index in [0.29, 0.717) is 21.6 Å². The zero-order valence-corrected chi connectivity index (χ0v) is 14.0. The van der Waals surface area contributed by atoms with Crippen LogP contribution in [0, 0.1) is 12.7 Å². The quantitative estimate of drug-likeness (QED) is 0.835. The highest BCUT2D eigenvalue weighted by molar-refractivity contribution is 5.65. The minimum absolute atomic E-state index is 0.103. The molecule has 1 heterocycles. The van der Waals surface area contributed by atoms with Crippen LogP contribution in [-0.2, 0) is 7.05 Å². The Hall–Kier alpha value is -2.16. The summed E-state index contributed by atoms with van der Waals surface area (Å²) in [4.78, 5) is 12.1. The second kappa shape index (κ2) is 7.74. The van der Waals surface area contributed by atoms with Gasteiger partial charge in [0, 0.05) is 29.6 Å². The molecule has 2 aromatic rings. The first kappa shape index (κ1) is 17.9.